The molecule has 4 rings (SSSR count). The van der Waals surface area contributed by atoms with Gasteiger partial charge in [0.1, 0.15) is 5.82 Å². The van der Waals surface area contributed by atoms with Gasteiger partial charge in [-0.05, 0) is 23.6 Å². The van der Waals surface area contributed by atoms with Crippen LogP contribution in [-0.4, -0.2) is 29.1 Å². The molecule has 2 heterocycles. The second-order valence-corrected chi connectivity index (χ2v) is 6.11. The van der Waals surface area contributed by atoms with Gasteiger partial charge in [0, 0.05) is 24.7 Å². The van der Waals surface area contributed by atoms with Crippen LogP contribution in [0, 0.1) is 0 Å². The van der Waals surface area contributed by atoms with E-state index in [0.717, 1.165) is 43.0 Å². The first-order valence-corrected chi connectivity index (χ1v) is 8.12. The second-order valence-electron chi connectivity index (χ2n) is 6.11. The minimum Gasteiger partial charge on any atom is -0.355 e. The van der Waals surface area contributed by atoms with Crippen molar-refractivity contribution in [1.29, 1.82) is 0 Å². The zero-order valence-electron chi connectivity index (χ0n) is 13.0. The van der Waals surface area contributed by atoms with Gasteiger partial charge in [-0.3, -0.25) is 4.98 Å². The molecule has 1 aliphatic heterocycles. The smallest absolute Gasteiger partial charge is 0.147 e. The van der Waals surface area contributed by atoms with Gasteiger partial charge >= 0.3 is 0 Å². The molecule has 2 N–H and O–H groups in total. The number of hydrogen-bond donors (Lipinski definition) is 1. The highest BCUT2D eigenvalue weighted by Gasteiger charge is 2.18. The van der Waals surface area contributed by atoms with Crippen LogP contribution in [0.3, 0.4) is 0 Å². The molecular formula is C19H20N4. The lowest BCUT2D eigenvalue weighted by atomic mass is 10.0. The first-order valence-electron chi connectivity index (χ1n) is 8.12. The Morgan fingerprint density at radius 1 is 0.957 bits per heavy atom. The summed E-state index contributed by atoms with van der Waals surface area (Å²) in [5.74, 6) is 0.947. The van der Waals surface area contributed by atoms with Crippen LogP contribution in [0.1, 0.15) is 12.8 Å². The van der Waals surface area contributed by atoms with E-state index in [0.29, 0.717) is 6.04 Å². The van der Waals surface area contributed by atoms with Crippen molar-refractivity contribution in [3.05, 3.63) is 54.9 Å². The van der Waals surface area contributed by atoms with Gasteiger partial charge in [-0.15, -0.1) is 0 Å². The quantitative estimate of drug-likeness (QED) is 0.790. The van der Waals surface area contributed by atoms with Gasteiger partial charge in [-0.2, -0.15) is 0 Å². The molecule has 0 amide bonds. The Morgan fingerprint density at radius 3 is 2.61 bits per heavy atom. The summed E-state index contributed by atoms with van der Waals surface area (Å²) in [4.78, 5) is 11.6. The lowest BCUT2D eigenvalue weighted by Gasteiger charge is -2.31. The summed E-state index contributed by atoms with van der Waals surface area (Å²) in [6.07, 6.45) is 5.73. The van der Waals surface area contributed by atoms with Crippen LogP contribution >= 0.6 is 0 Å². The number of rotatable bonds is 2. The van der Waals surface area contributed by atoms with Crippen LogP contribution in [0.25, 0.3) is 22.0 Å². The number of aromatic nitrogens is 2. The minimum atomic E-state index is 0.320. The summed E-state index contributed by atoms with van der Waals surface area (Å²) in [5, 5.41) is 2.43. The maximum Gasteiger partial charge on any atom is 0.147 e. The average molecular weight is 304 g/mol. The maximum absolute atomic E-state index is 6.00. The molecule has 4 heteroatoms. The molecule has 4 nitrogen and oxygen atoms in total. The summed E-state index contributed by atoms with van der Waals surface area (Å²) in [6, 6.07) is 15.0. The van der Waals surface area contributed by atoms with Crippen LogP contribution in [0.4, 0.5) is 5.82 Å². The minimum absolute atomic E-state index is 0.320. The highest BCUT2D eigenvalue weighted by atomic mass is 15.2. The number of benzene rings is 2. The van der Waals surface area contributed by atoms with E-state index >= 15 is 0 Å². The van der Waals surface area contributed by atoms with E-state index in [2.05, 4.69) is 52.3 Å². The van der Waals surface area contributed by atoms with Crippen LogP contribution in [0.5, 0.6) is 0 Å². The Morgan fingerprint density at radius 2 is 1.74 bits per heavy atom. The Hall–Kier alpha value is -2.46. The molecule has 0 saturated carbocycles. The van der Waals surface area contributed by atoms with E-state index in [-0.39, 0.29) is 0 Å². The molecule has 1 aliphatic rings. The molecule has 2 aromatic carbocycles. The monoisotopic (exact) mass is 304 g/mol. The molecule has 1 fully saturated rings. The van der Waals surface area contributed by atoms with Crippen molar-refractivity contribution in [1.82, 2.24) is 9.97 Å². The maximum atomic E-state index is 6.00. The number of piperidine rings is 1. The third-order valence-electron chi connectivity index (χ3n) is 4.55. The molecule has 1 saturated heterocycles. The second kappa shape index (κ2) is 5.97. The van der Waals surface area contributed by atoms with Crippen molar-refractivity contribution >= 4 is 16.6 Å². The normalized spacial score (nSPS) is 16.0. The summed E-state index contributed by atoms with van der Waals surface area (Å²) in [6.45, 7) is 1.91. The zero-order chi connectivity index (χ0) is 15.6. The predicted molar refractivity (Wildman–Crippen MR) is 94.4 cm³/mol. The van der Waals surface area contributed by atoms with E-state index in [1.807, 2.05) is 12.4 Å². The van der Waals surface area contributed by atoms with Crippen molar-refractivity contribution in [2.45, 2.75) is 18.9 Å². The molecule has 1 aromatic heterocycles. The molecule has 0 bridgehead atoms. The topological polar surface area (TPSA) is 55.0 Å². The van der Waals surface area contributed by atoms with Crippen molar-refractivity contribution in [2.75, 3.05) is 18.0 Å². The standard InChI is InChI=1S/C19H20N4/c20-15-8-10-23(11-9-15)19-13-21-12-18(22-19)17-7-3-5-14-4-1-2-6-16(14)17/h1-7,12-13,15H,8-11,20H2. The van der Waals surface area contributed by atoms with Gasteiger partial charge in [0.2, 0.25) is 0 Å². The predicted octanol–water partition coefficient (Wildman–Crippen LogP) is 3.22. The van der Waals surface area contributed by atoms with Gasteiger partial charge in [0.25, 0.3) is 0 Å². The Kier molecular flexibility index (Phi) is 3.67. The van der Waals surface area contributed by atoms with Crippen LogP contribution in [0.2, 0.25) is 0 Å². The molecule has 0 atom stereocenters. The van der Waals surface area contributed by atoms with Crippen LogP contribution in [0.15, 0.2) is 54.9 Å². The molecule has 0 radical (unpaired) electrons. The molecule has 0 spiro atoms. The third kappa shape index (κ3) is 2.78. The highest BCUT2D eigenvalue weighted by Crippen LogP contribution is 2.28. The fraction of sp³-hybridized carbons (Fsp3) is 0.263. The fourth-order valence-corrected chi connectivity index (χ4v) is 3.22. The lowest BCUT2D eigenvalue weighted by molar-refractivity contribution is 0.498. The third-order valence-corrected chi connectivity index (χ3v) is 4.55. The van der Waals surface area contributed by atoms with Gasteiger partial charge in [0.15, 0.2) is 0 Å². The van der Waals surface area contributed by atoms with Crippen molar-refractivity contribution in [3.63, 3.8) is 0 Å². The van der Waals surface area contributed by atoms with Gasteiger partial charge in [-0.25, -0.2) is 4.98 Å². The number of anilines is 1. The molecular weight excluding hydrogens is 284 g/mol. The number of nitrogens with zero attached hydrogens (tertiary/aromatic N) is 3. The Bertz CT molecular complexity index is 817. The first kappa shape index (κ1) is 14.2. The molecule has 0 unspecified atom stereocenters. The number of hydrogen-bond acceptors (Lipinski definition) is 4. The summed E-state index contributed by atoms with van der Waals surface area (Å²) in [7, 11) is 0. The molecule has 23 heavy (non-hydrogen) atoms. The van der Waals surface area contributed by atoms with Crippen LogP contribution in [-0.2, 0) is 0 Å². The first-order chi connectivity index (χ1) is 11.3. The van der Waals surface area contributed by atoms with Crippen molar-refractivity contribution in [3.8, 4) is 11.3 Å². The Balaban J connectivity index is 1.73. The highest BCUT2D eigenvalue weighted by molar-refractivity contribution is 5.95. The fourth-order valence-electron chi connectivity index (χ4n) is 3.22. The summed E-state index contributed by atoms with van der Waals surface area (Å²) >= 11 is 0. The average Bonchev–Trinajstić information content (AvgIpc) is 2.62. The van der Waals surface area contributed by atoms with E-state index in [9.17, 15) is 0 Å². The SMILES string of the molecule is NC1CCN(c2cncc(-c3cccc4ccccc34)n2)CC1. The summed E-state index contributed by atoms with van der Waals surface area (Å²) < 4.78 is 0. The van der Waals surface area contributed by atoms with E-state index in [1.165, 1.54) is 10.8 Å². The number of nitrogens with two attached hydrogens (primary N) is 1. The van der Waals surface area contributed by atoms with Gasteiger partial charge < -0.3 is 10.6 Å². The van der Waals surface area contributed by atoms with E-state index < -0.39 is 0 Å². The van der Waals surface area contributed by atoms with Crippen LogP contribution < -0.4 is 10.6 Å². The number of fused-ring (bicyclic) bond motifs is 1. The molecule has 116 valence electrons. The molecule has 3 aromatic rings. The van der Waals surface area contributed by atoms with Crippen molar-refractivity contribution < 1.29 is 0 Å². The summed E-state index contributed by atoms with van der Waals surface area (Å²) in [5.41, 5.74) is 8.05. The van der Waals surface area contributed by atoms with Gasteiger partial charge in [-0.1, -0.05) is 42.5 Å². The largest absolute Gasteiger partial charge is 0.355 e. The zero-order valence-corrected chi connectivity index (χ0v) is 13.0. The van der Waals surface area contributed by atoms with Gasteiger partial charge in [0.05, 0.1) is 18.1 Å². The van der Waals surface area contributed by atoms with E-state index in [1.54, 1.807) is 0 Å². The lowest BCUT2D eigenvalue weighted by Crippen LogP contribution is -2.40. The Labute approximate surface area is 136 Å². The van der Waals surface area contributed by atoms with Crippen molar-refractivity contribution in [2.24, 2.45) is 5.73 Å². The molecule has 0 aliphatic carbocycles. The van der Waals surface area contributed by atoms with E-state index in [4.69, 9.17) is 10.7 Å².